The summed E-state index contributed by atoms with van der Waals surface area (Å²) in [7, 11) is 1.52. The fourth-order valence-corrected chi connectivity index (χ4v) is 1.53. The van der Waals surface area contributed by atoms with Gasteiger partial charge in [-0.1, -0.05) is 12.1 Å². The number of carbonyl (C=O) groups is 2. The summed E-state index contributed by atoms with van der Waals surface area (Å²) in [6.07, 6.45) is 0.0293. The molecule has 0 unspecified atom stereocenters. The SMILES string of the molecule is CCOC(=O)CC(C)=NNC(=O)COc1ccccc1OC. The second-order valence-corrected chi connectivity index (χ2v) is 4.30. The number of hydrogen-bond donors (Lipinski definition) is 1. The van der Waals surface area contributed by atoms with Gasteiger partial charge < -0.3 is 14.2 Å². The molecule has 0 aliphatic rings. The molecule has 1 aromatic carbocycles. The fourth-order valence-electron chi connectivity index (χ4n) is 1.53. The van der Waals surface area contributed by atoms with Crippen LogP contribution in [0.15, 0.2) is 29.4 Å². The zero-order valence-electron chi connectivity index (χ0n) is 12.9. The van der Waals surface area contributed by atoms with E-state index in [9.17, 15) is 9.59 Å². The molecule has 22 heavy (non-hydrogen) atoms. The third-order valence-electron chi connectivity index (χ3n) is 2.50. The van der Waals surface area contributed by atoms with Crippen LogP contribution in [0, 0.1) is 0 Å². The molecule has 0 saturated heterocycles. The van der Waals surface area contributed by atoms with Crippen LogP contribution in [0.5, 0.6) is 11.5 Å². The van der Waals surface area contributed by atoms with Crippen molar-refractivity contribution in [2.45, 2.75) is 20.3 Å². The first-order valence-electron chi connectivity index (χ1n) is 6.80. The number of amides is 1. The van der Waals surface area contributed by atoms with Crippen molar-refractivity contribution in [3.63, 3.8) is 0 Å². The molecule has 0 atom stereocenters. The molecule has 1 N–H and O–H groups in total. The fraction of sp³-hybridized carbons (Fsp3) is 0.400. The summed E-state index contributed by atoms with van der Waals surface area (Å²) in [5.41, 5.74) is 2.76. The lowest BCUT2D eigenvalue weighted by molar-refractivity contribution is -0.141. The summed E-state index contributed by atoms with van der Waals surface area (Å²) >= 11 is 0. The molecule has 0 aliphatic carbocycles. The zero-order valence-corrected chi connectivity index (χ0v) is 12.9. The van der Waals surface area contributed by atoms with Crippen molar-refractivity contribution in [3.8, 4) is 11.5 Å². The highest BCUT2D eigenvalue weighted by molar-refractivity contribution is 5.98. The van der Waals surface area contributed by atoms with Crippen LogP contribution in [-0.4, -0.2) is 37.9 Å². The van der Waals surface area contributed by atoms with Gasteiger partial charge in [-0.2, -0.15) is 5.10 Å². The number of esters is 1. The van der Waals surface area contributed by atoms with Gasteiger partial charge in [-0.15, -0.1) is 0 Å². The first kappa shape index (κ1) is 17.5. The van der Waals surface area contributed by atoms with Gasteiger partial charge in [0, 0.05) is 5.71 Å². The van der Waals surface area contributed by atoms with Crippen molar-refractivity contribution in [2.24, 2.45) is 5.10 Å². The molecule has 0 radical (unpaired) electrons. The second kappa shape index (κ2) is 9.38. The number of nitrogens with zero attached hydrogens (tertiary/aromatic N) is 1. The third kappa shape index (κ3) is 6.25. The van der Waals surface area contributed by atoms with Crippen LogP contribution in [-0.2, 0) is 14.3 Å². The highest BCUT2D eigenvalue weighted by Gasteiger charge is 2.07. The first-order chi connectivity index (χ1) is 10.6. The minimum Gasteiger partial charge on any atom is -0.493 e. The summed E-state index contributed by atoms with van der Waals surface area (Å²) in [6.45, 7) is 3.45. The van der Waals surface area contributed by atoms with Gasteiger partial charge in [0.05, 0.1) is 20.1 Å². The molecule has 0 fully saturated rings. The quantitative estimate of drug-likeness (QED) is 0.447. The highest BCUT2D eigenvalue weighted by atomic mass is 16.5. The summed E-state index contributed by atoms with van der Waals surface area (Å²) in [6, 6.07) is 7.00. The Balaban J connectivity index is 2.41. The molecule has 0 spiro atoms. The van der Waals surface area contributed by atoms with Crippen molar-refractivity contribution in [2.75, 3.05) is 20.3 Å². The second-order valence-electron chi connectivity index (χ2n) is 4.30. The van der Waals surface area contributed by atoms with Gasteiger partial charge in [-0.25, -0.2) is 5.43 Å². The summed E-state index contributed by atoms with van der Waals surface area (Å²) in [4.78, 5) is 22.9. The molecule has 7 nitrogen and oxygen atoms in total. The van der Waals surface area contributed by atoms with Crippen LogP contribution in [0.25, 0.3) is 0 Å². The number of hydrazone groups is 1. The lowest BCUT2D eigenvalue weighted by atomic mass is 10.3. The van der Waals surface area contributed by atoms with Crippen LogP contribution in [0.4, 0.5) is 0 Å². The van der Waals surface area contributed by atoms with E-state index in [0.717, 1.165) is 0 Å². The third-order valence-corrected chi connectivity index (χ3v) is 2.50. The molecule has 0 aromatic heterocycles. The topological polar surface area (TPSA) is 86.2 Å². The Morgan fingerprint density at radius 1 is 1.23 bits per heavy atom. The largest absolute Gasteiger partial charge is 0.493 e. The molecule has 0 bridgehead atoms. The van der Waals surface area contributed by atoms with Gasteiger partial charge in [0.25, 0.3) is 5.91 Å². The van der Waals surface area contributed by atoms with Gasteiger partial charge >= 0.3 is 5.97 Å². The van der Waals surface area contributed by atoms with Gasteiger partial charge in [0.2, 0.25) is 0 Å². The minimum absolute atomic E-state index is 0.0293. The molecule has 7 heteroatoms. The predicted molar refractivity (Wildman–Crippen MR) is 81.0 cm³/mol. The number of carbonyl (C=O) groups excluding carboxylic acids is 2. The molecular weight excluding hydrogens is 288 g/mol. The Kier molecular flexibility index (Phi) is 7.45. The van der Waals surface area contributed by atoms with E-state index in [2.05, 4.69) is 10.5 Å². The number of hydrogen-bond acceptors (Lipinski definition) is 6. The molecule has 1 amide bonds. The standard InChI is InChI=1S/C15H20N2O5/c1-4-21-15(19)9-11(2)16-17-14(18)10-22-13-8-6-5-7-12(13)20-3/h5-8H,4,9-10H2,1-3H3,(H,17,18). The number of methoxy groups -OCH3 is 1. The van der Waals surface area contributed by atoms with E-state index in [1.54, 1.807) is 38.1 Å². The molecule has 0 aliphatic heterocycles. The predicted octanol–water partition coefficient (Wildman–Crippen LogP) is 1.52. The maximum absolute atomic E-state index is 11.6. The van der Waals surface area contributed by atoms with E-state index in [1.807, 2.05) is 0 Å². The van der Waals surface area contributed by atoms with Gasteiger partial charge in [0.1, 0.15) is 0 Å². The van der Waals surface area contributed by atoms with Crippen LogP contribution in [0.3, 0.4) is 0 Å². The number of benzene rings is 1. The molecular formula is C15H20N2O5. The van der Waals surface area contributed by atoms with Crippen LogP contribution >= 0.6 is 0 Å². The highest BCUT2D eigenvalue weighted by Crippen LogP contribution is 2.25. The Hall–Kier alpha value is -2.57. The van der Waals surface area contributed by atoms with Crippen molar-refractivity contribution >= 4 is 17.6 Å². The van der Waals surface area contributed by atoms with Crippen molar-refractivity contribution in [1.29, 1.82) is 0 Å². The lowest BCUT2D eigenvalue weighted by Crippen LogP contribution is -2.26. The van der Waals surface area contributed by atoms with Gasteiger partial charge in [0.15, 0.2) is 18.1 Å². The summed E-state index contributed by atoms with van der Waals surface area (Å²) < 4.78 is 15.2. The molecule has 1 aromatic rings. The Morgan fingerprint density at radius 2 is 1.91 bits per heavy atom. The number of ether oxygens (including phenoxy) is 3. The molecule has 1 rings (SSSR count). The molecule has 0 saturated carbocycles. The molecule has 120 valence electrons. The number of rotatable bonds is 8. The van der Waals surface area contributed by atoms with E-state index in [1.165, 1.54) is 7.11 Å². The normalized spacial score (nSPS) is 10.8. The van der Waals surface area contributed by atoms with Crippen molar-refractivity contribution in [3.05, 3.63) is 24.3 Å². The van der Waals surface area contributed by atoms with E-state index < -0.39 is 5.91 Å². The van der Waals surface area contributed by atoms with Crippen molar-refractivity contribution < 1.29 is 23.8 Å². The first-order valence-corrected chi connectivity index (χ1v) is 6.80. The average molecular weight is 308 g/mol. The zero-order chi connectivity index (χ0) is 16.4. The molecule has 0 heterocycles. The maximum Gasteiger partial charge on any atom is 0.311 e. The monoisotopic (exact) mass is 308 g/mol. The minimum atomic E-state index is -0.436. The van der Waals surface area contributed by atoms with Crippen LogP contribution in [0.2, 0.25) is 0 Å². The van der Waals surface area contributed by atoms with E-state index in [-0.39, 0.29) is 19.0 Å². The Bertz CT molecular complexity index is 542. The van der Waals surface area contributed by atoms with Crippen molar-refractivity contribution in [1.82, 2.24) is 5.43 Å². The lowest BCUT2D eigenvalue weighted by Gasteiger charge is -2.09. The average Bonchev–Trinajstić information content (AvgIpc) is 2.51. The van der Waals surface area contributed by atoms with E-state index in [4.69, 9.17) is 14.2 Å². The number of nitrogens with one attached hydrogen (secondary N) is 1. The van der Waals surface area contributed by atoms with Gasteiger partial charge in [-0.05, 0) is 26.0 Å². The summed E-state index contributed by atoms with van der Waals surface area (Å²) in [5.74, 6) is 0.182. The van der Waals surface area contributed by atoms with E-state index >= 15 is 0 Å². The summed E-state index contributed by atoms with van der Waals surface area (Å²) in [5, 5.41) is 3.81. The number of para-hydroxylation sites is 2. The van der Waals surface area contributed by atoms with Crippen LogP contribution < -0.4 is 14.9 Å². The van der Waals surface area contributed by atoms with Gasteiger partial charge in [-0.3, -0.25) is 9.59 Å². The smallest absolute Gasteiger partial charge is 0.311 e. The maximum atomic E-state index is 11.6. The Labute approximate surface area is 129 Å². The van der Waals surface area contributed by atoms with E-state index in [0.29, 0.717) is 23.8 Å². The Morgan fingerprint density at radius 3 is 2.55 bits per heavy atom. The van der Waals surface area contributed by atoms with Crippen LogP contribution in [0.1, 0.15) is 20.3 Å².